The van der Waals surface area contributed by atoms with Crippen LogP contribution in [0.4, 0.5) is 5.69 Å². The van der Waals surface area contributed by atoms with Gasteiger partial charge in [0.1, 0.15) is 23.2 Å². The third-order valence-electron chi connectivity index (χ3n) is 7.04. The first-order chi connectivity index (χ1) is 14.3. The number of aliphatic hydroxyl groups is 4. The van der Waals surface area contributed by atoms with Crippen LogP contribution in [0.3, 0.4) is 0 Å². The van der Waals surface area contributed by atoms with Crippen LogP contribution in [-0.2, 0) is 9.59 Å². The van der Waals surface area contributed by atoms with Crippen LogP contribution in [-0.4, -0.2) is 60.8 Å². The Kier molecular flexibility index (Phi) is 4.64. The number of amides is 1. The van der Waals surface area contributed by atoms with Crippen LogP contribution in [0.1, 0.15) is 35.2 Å². The van der Waals surface area contributed by atoms with Gasteiger partial charge in [-0.15, -0.1) is 0 Å². The molecule has 1 aromatic carbocycles. The number of Topliss-reactive ketones (excluding diaryl/α,β-unsaturated/α-hetero) is 2. The van der Waals surface area contributed by atoms with E-state index in [1.807, 2.05) is 0 Å². The van der Waals surface area contributed by atoms with Crippen molar-refractivity contribution in [3.63, 3.8) is 0 Å². The van der Waals surface area contributed by atoms with Crippen LogP contribution in [0, 0.1) is 17.8 Å². The number of hydrogen-bond acceptors (Lipinski definition) is 9. The maximum Gasteiger partial charge on any atom is 0.255 e. The number of anilines is 1. The number of rotatable bonds is 1. The van der Waals surface area contributed by atoms with E-state index < -0.39 is 82.5 Å². The minimum absolute atomic E-state index is 0.00350. The second-order valence-electron chi connectivity index (χ2n) is 8.42. The molecular weight excluding hydrogens is 432 g/mol. The summed E-state index contributed by atoms with van der Waals surface area (Å²) in [6, 6.07) is 1.08. The van der Waals surface area contributed by atoms with Crippen molar-refractivity contribution in [1.82, 2.24) is 0 Å². The van der Waals surface area contributed by atoms with Gasteiger partial charge >= 0.3 is 0 Å². The first-order valence-corrected chi connectivity index (χ1v) is 9.93. The smallest absolute Gasteiger partial charge is 0.255 e. The summed E-state index contributed by atoms with van der Waals surface area (Å²) in [5.41, 5.74) is 7.61. The van der Waals surface area contributed by atoms with Gasteiger partial charge in [-0.3, -0.25) is 14.4 Å². The van der Waals surface area contributed by atoms with Gasteiger partial charge in [0, 0.05) is 24.3 Å². The number of phenols is 1. The van der Waals surface area contributed by atoms with Crippen LogP contribution >= 0.6 is 11.6 Å². The van der Waals surface area contributed by atoms with Crippen molar-refractivity contribution in [3.8, 4) is 5.75 Å². The van der Waals surface area contributed by atoms with Gasteiger partial charge in [-0.05, 0) is 11.5 Å². The molecular formula is C20H21ClN2O8. The van der Waals surface area contributed by atoms with Crippen LogP contribution in [0.25, 0.3) is 0 Å². The fraction of sp³-hybridized carbons (Fsp3) is 0.450. The van der Waals surface area contributed by atoms with E-state index >= 15 is 0 Å². The van der Waals surface area contributed by atoms with Crippen molar-refractivity contribution in [1.29, 1.82) is 0 Å². The van der Waals surface area contributed by atoms with Crippen molar-refractivity contribution in [2.24, 2.45) is 23.5 Å². The van der Waals surface area contributed by atoms with Gasteiger partial charge in [0.15, 0.2) is 17.2 Å². The molecule has 10 nitrogen and oxygen atoms in total. The molecule has 1 amide bonds. The van der Waals surface area contributed by atoms with Crippen LogP contribution in [0.5, 0.6) is 5.75 Å². The van der Waals surface area contributed by atoms with E-state index in [9.17, 15) is 39.9 Å². The molecule has 1 fully saturated rings. The largest absolute Gasteiger partial charge is 0.508 e. The average molecular weight is 453 g/mol. The summed E-state index contributed by atoms with van der Waals surface area (Å²) < 4.78 is 0. The van der Waals surface area contributed by atoms with Gasteiger partial charge in [0.05, 0.1) is 28.3 Å². The van der Waals surface area contributed by atoms with Crippen LogP contribution in [0.2, 0.25) is 5.02 Å². The Morgan fingerprint density at radius 1 is 1.26 bits per heavy atom. The second kappa shape index (κ2) is 6.67. The number of primary amides is 1. The highest BCUT2D eigenvalue weighted by molar-refractivity contribution is 6.33. The number of aromatic hydroxyl groups is 1. The fourth-order valence-electron chi connectivity index (χ4n) is 5.61. The molecule has 166 valence electrons. The van der Waals surface area contributed by atoms with Crippen molar-refractivity contribution in [2.75, 3.05) is 5.73 Å². The average Bonchev–Trinajstić information content (AvgIpc) is 2.67. The fourth-order valence-corrected chi connectivity index (χ4v) is 5.82. The predicted octanol–water partition coefficient (Wildman–Crippen LogP) is -0.487. The maximum absolute atomic E-state index is 13.3. The maximum atomic E-state index is 13.3. The van der Waals surface area contributed by atoms with E-state index in [0.29, 0.717) is 0 Å². The first-order valence-electron chi connectivity index (χ1n) is 9.55. The molecule has 0 radical (unpaired) electrons. The van der Waals surface area contributed by atoms with Gasteiger partial charge in [0.25, 0.3) is 5.91 Å². The summed E-state index contributed by atoms with van der Waals surface area (Å²) in [6.45, 7) is 1.60. The zero-order chi connectivity index (χ0) is 23.2. The summed E-state index contributed by atoms with van der Waals surface area (Å²) in [5, 5.41) is 54.4. The van der Waals surface area contributed by atoms with Gasteiger partial charge in [0.2, 0.25) is 0 Å². The molecule has 0 aromatic heterocycles. The molecule has 9 N–H and O–H groups in total. The molecule has 4 rings (SSSR count). The van der Waals surface area contributed by atoms with E-state index in [4.69, 9.17) is 23.1 Å². The Morgan fingerprint density at radius 2 is 1.87 bits per heavy atom. The normalized spacial score (nSPS) is 37.2. The van der Waals surface area contributed by atoms with Gasteiger partial charge in [-0.1, -0.05) is 18.5 Å². The Labute approximate surface area is 180 Å². The van der Waals surface area contributed by atoms with E-state index in [0.717, 1.165) is 6.07 Å². The van der Waals surface area contributed by atoms with Crippen molar-refractivity contribution < 1.29 is 39.9 Å². The number of phenolic OH excluding ortho intramolecular Hbond substituents is 1. The molecule has 1 aromatic rings. The minimum atomic E-state index is -2.68. The molecule has 3 aliphatic rings. The minimum Gasteiger partial charge on any atom is -0.508 e. The lowest BCUT2D eigenvalue weighted by Crippen LogP contribution is -2.69. The van der Waals surface area contributed by atoms with Gasteiger partial charge in [-0.2, -0.15) is 0 Å². The Hall–Kier alpha value is -2.66. The molecule has 1 saturated carbocycles. The number of nitrogen functional groups attached to an aromatic ring is 1. The number of carbonyl (C=O) groups is 3. The quantitative estimate of drug-likeness (QED) is 0.166. The Morgan fingerprint density at radius 3 is 2.45 bits per heavy atom. The number of fused-ring (bicyclic) bond motifs is 3. The molecule has 3 aliphatic carbocycles. The summed E-state index contributed by atoms with van der Waals surface area (Å²) in [7, 11) is 0. The highest BCUT2D eigenvalue weighted by atomic mass is 35.5. The summed E-state index contributed by atoms with van der Waals surface area (Å²) in [6.07, 6.45) is -4.18. The molecule has 0 spiro atoms. The molecule has 0 heterocycles. The Bertz CT molecular complexity index is 1090. The third-order valence-corrected chi connectivity index (χ3v) is 7.36. The number of benzene rings is 1. The van der Waals surface area contributed by atoms with Crippen LogP contribution in [0.15, 0.2) is 17.4 Å². The second-order valence-corrected chi connectivity index (χ2v) is 8.83. The highest BCUT2D eigenvalue weighted by Gasteiger charge is 2.67. The van der Waals surface area contributed by atoms with Gasteiger partial charge < -0.3 is 37.0 Å². The zero-order valence-corrected chi connectivity index (χ0v) is 17.0. The summed E-state index contributed by atoms with van der Waals surface area (Å²) in [4.78, 5) is 37.4. The molecule has 0 aliphatic heterocycles. The van der Waals surface area contributed by atoms with E-state index in [-0.39, 0.29) is 21.8 Å². The summed E-state index contributed by atoms with van der Waals surface area (Å²) >= 11 is 6.05. The SMILES string of the molecule is C[C@H]1c2c(N)c(Cl)cc(O)c2C(=O)C2C1[C@H](O)C1CC(=O)C(C(N)=O)=C(O)C1(O)C2O. The number of nitrogens with two attached hydrogens (primary N) is 2. The Balaban J connectivity index is 1.96. The lowest BCUT2D eigenvalue weighted by atomic mass is 9.51. The molecule has 0 bridgehead atoms. The molecule has 11 heteroatoms. The van der Waals surface area contributed by atoms with Crippen molar-refractivity contribution in [2.45, 2.75) is 37.1 Å². The van der Waals surface area contributed by atoms with Crippen molar-refractivity contribution >= 4 is 34.8 Å². The van der Waals surface area contributed by atoms with Gasteiger partial charge in [-0.25, -0.2) is 0 Å². The van der Waals surface area contributed by atoms with E-state index in [1.54, 1.807) is 6.92 Å². The highest BCUT2D eigenvalue weighted by Crippen LogP contribution is 2.57. The predicted molar refractivity (Wildman–Crippen MR) is 106 cm³/mol. The first kappa shape index (κ1) is 21.6. The molecule has 5 unspecified atom stereocenters. The molecule has 7 atom stereocenters. The summed E-state index contributed by atoms with van der Waals surface area (Å²) in [5.74, 6) is -9.39. The monoisotopic (exact) mass is 452 g/mol. The number of halogens is 1. The van der Waals surface area contributed by atoms with Crippen LogP contribution < -0.4 is 11.5 Å². The molecule has 31 heavy (non-hydrogen) atoms. The van der Waals surface area contributed by atoms with E-state index in [1.165, 1.54) is 0 Å². The zero-order valence-electron chi connectivity index (χ0n) is 16.2. The van der Waals surface area contributed by atoms with E-state index in [2.05, 4.69) is 0 Å². The number of hydrogen-bond donors (Lipinski definition) is 7. The third kappa shape index (κ3) is 2.53. The topological polar surface area (TPSA) is 204 Å². The number of ketones is 2. The lowest BCUT2D eigenvalue weighted by Gasteiger charge is -2.56. The molecule has 0 saturated heterocycles. The lowest BCUT2D eigenvalue weighted by molar-refractivity contribution is -0.209. The number of carbonyl (C=O) groups excluding carboxylic acids is 3. The number of aliphatic hydroxyl groups excluding tert-OH is 3. The standard InChI is InChI=1S/C20H21ClN2O8/c1-4-9-11(8(25)3-6(21)14(9)22)16(27)13-10(4)15(26)5-2-7(24)12(19(23)30)17(28)20(5,31)18(13)29/h3-5,10,13,15,18,25-26,28-29,31H,2,22H2,1H3,(H2,23,30)/t4-,5?,10?,13?,15+,18?,20?/m0/s1. The van der Waals surface area contributed by atoms with Crippen molar-refractivity contribution in [3.05, 3.63) is 33.5 Å².